The van der Waals surface area contributed by atoms with Gasteiger partial charge >= 0.3 is 6.18 Å². The summed E-state index contributed by atoms with van der Waals surface area (Å²) in [6.45, 7) is 0.175. The number of nitrogens with zero attached hydrogens (tertiary/aromatic N) is 3. The van der Waals surface area contributed by atoms with Crippen molar-refractivity contribution in [2.75, 3.05) is 19.0 Å². The van der Waals surface area contributed by atoms with Gasteiger partial charge in [0.1, 0.15) is 5.82 Å². The summed E-state index contributed by atoms with van der Waals surface area (Å²) in [6, 6.07) is 6.73. The molecule has 0 fully saturated rings. The SMILES string of the molecule is CNc1cc(OCCc2ccccn2)nc(C(F)(F)F)n1. The number of rotatable bonds is 5. The van der Waals surface area contributed by atoms with Crippen LogP contribution in [0.15, 0.2) is 30.5 Å². The first-order valence-electron chi connectivity index (χ1n) is 6.16. The molecule has 5 nitrogen and oxygen atoms in total. The molecule has 0 aliphatic carbocycles. The lowest BCUT2D eigenvalue weighted by molar-refractivity contribution is -0.145. The summed E-state index contributed by atoms with van der Waals surface area (Å²) in [5, 5.41) is 2.54. The normalized spacial score (nSPS) is 11.2. The minimum atomic E-state index is -4.62. The standard InChI is InChI=1S/C13H13F3N4O/c1-17-10-8-11(20-12(19-10)13(14,15)16)21-7-5-9-4-2-3-6-18-9/h2-4,6,8H,5,7H2,1H3,(H,17,19,20). The van der Waals surface area contributed by atoms with Crippen molar-refractivity contribution in [1.29, 1.82) is 0 Å². The van der Waals surface area contributed by atoms with E-state index in [1.807, 2.05) is 12.1 Å². The molecule has 0 aliphatic heterocycles. The van der Waals surface area contributed by atoms with Crippen LogP contribution in [0.25, 0.3) is 0 Å². The van der Waals surface area contributed by atoms with Gasteiger partial charge in [-0.15, -0.1) is 0 Å². The number of anilines is 1. The molecule has 21 heavy (non-hydrogen) atoms. The summed E-state index contributed by atoms with van der Waals surface area (Å²) < 4.78 is 43.2. The van der Waals surface area contributed by atoms with Gasteiger partial charge in [0.05, 0.1) is 6.61 Å². The average Bonchev–Trinajstić information content (AvgIpc) is 2.47. The fraction of sp³-hybridized carbons (Fsp3) is 0.308. The molecule has 0 bridgehead atoms. The third-order valence-electron chi connectivity index (χ3n) is 2.55. The lowest BCUT2D eigenvalue weighted by Crippen LogP contribution is -2.14. The molecule has 0 saturated carbocycles. The molecular weight excluding hydrogens is 285 g/mol. The molecule has 0 aliphatic rings. The van der Waals surface area contributed by atoms with Gasteiger partial charge in [-0.1, -0.05) is 6.07 Å². The highest BCUT2D eigenvalue weighted by atomic mass is 19.4. The van der Waals surface area contributed by atoms with Crippen LogP contribution in [-0.4, -0.2) is 28.6 Å². The number of hydrogen-bond donors (Lipinski definition) is 1. The smallest absolute Gasteiger partial charge is 0.451 e. The van der Waals surface area contributed by atoms with Crippen molar-refractivity contribution in [3.05, 3.63) is 42.0 Å². The topological polar surface area (TPSA) is 59.9 Å². The first kappa shape index (κ1) is 15.0. The van der Waals surface area contributed by atoms with Crippen LogP contribution in [0.2, 0.25) is 0 Å². The van der Waals surface area contributed by atoms with Crippen molar-refractivity contribution < 1.29 is 17.9 Å². The van der Waals surface area contributed by atoms with Crippen molar-refractivity contribution in [3.8, 4) is 5.88 Å². The third kappa shape index (κ3) is 4.30. The van der Waals surface area contributed by atoms with Gasteiger partial charge in [-0.05, 0) is 12.1 Å². The minimum absolute atomic E-state index is 0.0464. The first-order valence-corrected chi connectivity index (χ1v) is 6.16. The van der Waals surface area contributed by atoms with Gasteiger partial charge in [0.25, 0.3) is 0 Å². The van der Waals surface area contributed by atoms with Gasteiger partial charge in [0.15, 0.2) is 0 Å². The molecule has 112 valence electrons. The van der Waals surface area contributed by atoms with E-state index in [9.17, 15) is 13.2 Å². The molecule has 0 saturated heterocycles. The number of aromatic nitrogens is 3. The Labute approximate surface area is 119 Å². The third-order valence-corrected chi connectivity index (χ3v) is 2.55. The van der Waals surface area contributed by atoms with Crippen LogP contribution in [0.5, 0.6) is 5.88 Å². The lowest BCUT2D eigenvalue weighted by Gasteiger charge is -2.10. The van der Waals surface area contributed by atoms with Crippen LogP contribution < -0.4 is 10.1 Å². The molecule has 2 aromatic heterocycles. The predicted molar refractivity (Wildman–Crippen MR) is 70.0 cm³/mol. The maximum absolute atomic E-state index is 12.7. The summed E-state index contributed by atoms with van der Waals surface area (Å²) in [4.78, 5) is 10.8. The van der Waals surface area contributed by atoms with Crippen LogP contribution in [0.4, 0.5) is 19.0 Å². The molecule has 1 N–H and O–H groups in total. The lowest BCUT2D eigenvalue weighted by atomic mass is 10.3. The Morgan fingerprint density at radius 2 is 2.05 bits per heavy atom. The number of alkyl halides is 3. The van der Waals surface area contributed by atoms with E-state index in [4.69, 9.17) is 4.74 Å². The highest BCUT2D eigenvalue weighted by Crippen LogP contribution is 2.28. The molecule has 0 radical (unpaired) electrons. The summed E-state index contributed by atoms with van der Waals surface area (Å²) in [5.41, 5.74) is 0.788. The van der Waals surface area contributed by atoms with E-state index >= 15 is 0 Å². The zero-order valence-corrected chi connectivity index (χ0v) is 11.2. The van der Waals surface area contributed by atoms with Crippen molar-refractivity contribution >= 4 is 5.82 Å². The number of ether oxygens (including phenoxy) is 1. The second kappa shape index (κ2) is 6.38. The van der Waals surface area contributed by atoms with E-state index in [0.717, 1.165) is 5.69 Å². The van der Waals surface area contributed by atoms with E-state index in [0.29, 0.717) is 6.42 Å². The van der Waals surface area contributed by atoms with Crippen LogP contribution in [-0.2, 0) is 12.6 Å². The molecule has 0 unspecified atom stereocenters. The number of nitrogens with one attached hydrogen (secondary N) is 1. The van der Waals surface area contributed by atoms with Crippen LogP contribution in [0.1, 0.15) is 11.5 Å². The van der Waals surface area contributed by atoms with Crippen LogP contribution >= 0.6 is 0 Å². The molecule has 0 aromatic carbocycles. The number of hydrogen-bond acceptors (Lipinski definition) is 5. The average molecular weight is 298 g/mol. The Hall–Kier alpha value is -2.38. The molecular formula is C13H13F3N4O. The molecule has 0 atom stereocenters. The van der Waals surface area contributed by atoms with Gasteiger partial charge in [0.2, 0.25) is 11.7 Å². The Morgan fingerprint density at radius 1 is 1.24 bits per heavy atom. The summed E-state index contributed by atoms with van der Waals surface area (Å²) in [6.07, 6.45) is -2.51. The Balaban J connectivity index is 2.05. The van der Waals surface area contributed by atoms with E-state index in [1.54, 1.807) is 12.3 Å². The van der Waals surface area contributed by atoms with Crippen molar-refractivity contribution in [2.45, 2.75) is 12.6 Å². The largest absolute Gasteiger partial charge is 0.477 e. The molecule has 2 aromatic rings. The highest BCUT2D eigenvalue weighted by molar-refractivity contribution is 5.38. The molecule has 0 amide bonds. The molecule has 0 spiro atoms. The van der Waals surface area contributed by atoms with Crippen molar-refractivity contribution in [3.63, 3.8) is 0 Å². The van der Waals surface area contributed by atoms with Crippen LogP contribution in [0, 0.1) is 0 Å². The number of pyridine rings is 1. The van der Waals surface area contributed by atoms with Gasteiger partial charge in [0, 0.05) is 31.4 Å². The first-order chi connectivity index (χ1) is 9.99. The Kier molecular flexibility index (Phi) is 4.56. The van der Waals surface area contributed by atoms with E-state index in [-0.39, 0.29) is 18.3 Å². The fourth-order valence-corrected chi connectivity index (χ4v) is 1.56. The van der Waals surface area contributed by atoms with Crippen LogP contribution in [0.3, 0.4) is 0 Å². The second-order valence-corrected chi connectivity index (χ2v) is 4.08. The zero-order valence-electron chi connectivity index (χ0n) is 11.2. The molecule has 8 heteroatoms. The van der Waals surface area contributed by atoms with Gasteiger partial charge in [-0.3, -0.25) is 4.98 Å². The minimum Gasteiger partial charge on any atom is -0.477 e. The second-order valence-electron chi connectivity index (χ2n) is 4.08. The van der Waals surface area contributed by atoms with E-state index in [1.165, 1.54) is 13.1 Å². The van der Waals surface area contributed by atoms with Gasteiger partial charge < -0.3 is 10.1 Å². The summed E-state index contributed by atoms with van der Waals surface area (Å²) in [5.74, 6) is -1.31. The monoisotopic (exact) mass is 298 g/mol. The number of halogens is 3. The maximum Gasteiger partial charge on any atom is 0.451 e. The summed E-state index contributed by atoms with van der Waals surface area (Å²) in [7, 11) is 1.47. The quantitative estimate of drug-likeness (QED) is 0.919. The molecule has 2 heterocycles. The van der Waals surface area contributed by atoms with Crippen molar-refractivity contribution in [1.82, 2.24) is 15.0 Å². The molecule has 2 rings (SSSR count). The summed E-state index contributed by atoms with van der Waals surface area (Å²) >= 11 is 0. The fourth-order valence-electron chi connectivity index (χ4n) is 1.56. The van der Waals surface area contributed by atoms with Crippen molar-refractivity contribution in [2.24, 2.45) is 0 Å². The predicted octanol–water partition coefficient (Wildman–Crippen LogP) is 2.55. The Bertz CT molecular complexity index is 590. The maximum atomic E-state index is 12.7. The van der Waals surface area contributed by atoms with E-state index in [2.05, 4.69) is 20.3 Å². The zero-order chi connectivity index (χ0) is 15.3. The van der Waals surface area contributed by atoms with E-state index < -0.39 is 12.0 Å². The van der Waals surface area contributed by atoms with Gasteiger partial charge in [-0.25, -0.2) is 4.98 Å². The highest BCUT2D eigenvalue weighted by Gasteiger charge is 2.35. The Morgan fingerprint density at radius 3 is 2.67 bits per heavy atom. The van der Waals surface area contributed by atoms with Gasteiger partial charge in [-0.2, -0.15) is 18.2 Å².